The molecule has 1 aliphatic rings. The number of benzene rings is 1. The molecular formula is C14H9F3N2OS. The van der Waals surface area contributed by atoms with Gasteiger partial charge < -0.3 is 5.73 Å². The maximum absolute atomic E-state index is 13.0. The molecule has 1 aliphatic carbocycles. The first kappa shape index (κ1) is 13.8. The predicted octanol–water partition coefficient (Wildman–Crippen LogP) is 3.84. The number of nitrogen functional groups attached to an aromatic ring is 1. The molecule has 1 aromatic carbocycles. The minimum absolute atomic E-state index is 0.0706. The fourth-order valence-corrected chi connectivity index (χ4v) is 3.16. The van der Waals surface area contributed by atoms with Gasteiger partial charge in [-0.3, -0.25) is 4.79 Å². The van der Waals surface area contributed by atoms with Gasteiger partial charge in [0.2, 0.25) is 0 Å². The number of allylic oxidation sites excluding steroid dienone is 2. The second kappa shape index (κ2) is 4.42. The van der Waals surface area contributed by atoms with Crippen molar-refractivity contribution in [2.75, 3.05) is 5.73 Å². The second-order valence-electron chi connectivity index (χ2n) is 4.65. The third-order valence-electron chi connectivity index (χ3n) is 3.23. The SMILES string of the molecule is Cc1nc(N)sc1-c1ccc2c(c1)C(C(F)(F)F)=CC2=O. The quantitative estimate of drug-likeness (QED) is 0.870. The van der Waals surface area contributed by atoms with Crippen LogP contribution in [0.4, 0.5) is 18.3 Å². The number of carbonyl (C=O) groups is 1. The summed E-state index contributed by atoms with van der Waals surface area (Å²) in [6.07, 6.45) is -3.91. The first-order chi connectivity index (χ1) is 9.77. The van der Waals surface area contributed by atoms with Crippen LogP contribution >= 0.6 is 11.3 Å². The molecule has 0 spiro atoms. The van der Waals surface area contributed by atoms with Crippen molar-refractivity contribution in [2.45, 2.75) is 13.1 Å². The Bertz CT molecular complexity index is 790. The van der Waals surface area contributed by atoms with E-state index in [1.807, 2.05) is 0 Å². The van der Waals surface area contributed by atoms with E-state index in [1.165, 1.54) is 23.5 Å². The average Bonchev–Trinajstić information content (AvgIpc) is 2.89. The van der Waals surface area contributed by atoms with Gasteiger partial charge in [-0.05, 0) is 36.3 Å². The Morgan fingerprint density at radius 2 is 1.95 bits per heavy atom. The van der Waals surface area contributed by atoms with Gasteiger partial charge >= 0.3 is 6.18 Å². The number of thiazole rings is 1. The van der Waals surface area contributed by atoms with Crippen LogP contribution in [-0.4, -0.2) is 16.9 Å². The highest BCUT2D eigenvalue weighted by molar-refractivity contribution is 7.18. The lowest BCUT2D eigenvalue weighted by Crippen LogP contribution is -2.09. The van der Waals surface area contributed by atoms with Crippen molar-refractivity contribution < 1.29 is 18.0 Å². The lowest BCUT2D eigenvalue weighted by atomic mass is 10.0. The molecule has 0 unspecified atom stereocenters. The van der Waals surface area contributed by atoms with E-state index in [1.54, 1.807) is 13.0 Å². The van der Waals surface area contributed by atoms with E-state index >= 15 is 0 Å². The number of hydrogen-bond donors (Lipinski definition) is 1. The van der Waals surface area contributed by atoms with Gasteiger partial charge in [0.25, 0.3) is 0 Å². The lowest BCUT2D eigenvalue weighted by molar-refractivity contribution is -0.0687. The highest BCUT2D eigenvalue weighted by Gasteiger charge is 2.40. The summed E-state index contributed by atoms with van der Waals surface area (Å²) in [4.78, 5) is 16.4. The number of anilines is 1. The summed E-state index contributed by atoms with van der Waals surface area (Å²) in [6.45, 7) is 1.74. The smallest absolute Gasteiger partial charge is 0.375 e. The van der Waals surface area contributed by atoms with Crippen molar-refractivity contribution in [3.05, 3.63) is 41.1 Å². The highest BCUT2D eigenvalue weighted by atomic mass is 32.1. The van der Waals surface area contributed by atoms with Gasteiger partial charge in [-0.25, -0.2) is 4.98 Å². The molecule has 1 aromatic heterocycles. The Balaban J connectivity index is 2.17. The maximum atomic E-state index is 13.0. The number of hydrogen-bond acceptors (Lipinski definition) is 4. The third kappa shape index (κ3) is 2.23. The van der Waals surface area contributed by atoms with Crippen molar-refractivity contribution >= 4 is 27.8 Å². The van der Waals surface area contributed by atoms with Crippen LogP contribution in [0.2, 0.25) is 0 Å². The first-order valence-electron chi connectivity index (χ1n) is 5.98. The van der Waals surface area contributed by atoms with E-state index in [9.17, 15) is 18.0 Å². The van der Waals surface area contributed by atoms with Crippen LogP contribution in [0, 0.1) is 6.92 Å². The molecule has 1 heterocycles. The lowest BCUT2D eigenvalue weighted by Gasteiger charge is -2.10. The molecule has 0 bridgehead atoms. The van der Waals surface area contributed by atoms with Gasteiger partial charge in [0.05, 0.1) is 16.1 Å². The van der Waals surface area contributed by atoms with Gasteiger partial charge in [0, 0.05) is 5.56 Å². The molecule has 21 heavy (non-hydrogen) atoms. The molecule has 108 valence electrons. The minimum atomic E-state index is -4.55. The standard InChI is InChI=1S/C14H9F3N2OS/c1-6-12(21-13(18)19-6)7-2-3-8-9(4-7)10(5-11(8)20)14(15,16)17/h2-5H,1H3,(H2,18,19). The van der Waals surface area contributed by atoms with Crippen LogP contribution in [-0.2, 0) is 0 Å². The number of rotatable bonds is 1. The Kier molecular flexibility index (Phi) is 2.91. The fraction of sp³-hybridized carbons (Fsp3) is 0.143. The molecule has 2 N–H and O–H groups in total. The number of aromatic nitrogens is 1. The monoisotopic (exact) mass is 310 g/mol. The van der Waals surface area contributed by atoms with Gasteiger partial charge in [-0.2, -0.15) is 13.2 Å². The summed E-state index contributed by atoms with van der Waals surface area (Å²) >= 11 is 1.20. The molecule has 0 atom stereocenters. The Hall–Kier alpha value is -2.15. The zero-order valence-electron chi connectivity index (χ0n) is 10.8. The topological polar surface area (TPSA) is 56.0 Å². The van der Waals surface area contributed by atoms with E-state index < -0.39 is 17.5 Å². The van der Waals surface area contributed by atoms with Crippen molar-refractivity contribution in [3.63, 3.8) is 0 Å². The molecule has 0 saturated heterocycles. The molecule has 0 radical (unpaired) electrons. The molecule has 0 fully saturated rings. The van der Waals surface area contributed by atoms with Crippen molar-refractivity contribution in [3.8, 4) is 10.4 Å². The summed E-state index contributed by atoms with van der Waals surface area (Å²) in [6, 6.07) is 4.40. The molecule has 3 rings (SSSR count). The van der Waals surface area contributed by atoms with Crippen LogP contribution in [0.15, 0.2) is 24.3 Å². The molecule has 0 amide bonds. The van der Waals surface area contributed by atoms with Crippen LogP contribution in [0.25, 0.3) is 16.0 Å². The van der Waals surface area contributed by atoms with E-state index in [4.69, 9.17) is 5.73 Å². The Morgan fingerprint density at radius 1 is 1.24 bits per heavy atom. The van der Waals surface area contributed by atoms with E-state index in [0.29, 0.717) is 27.3 Å². The zero-order chi connectivity index (χ0) is 15.4. The number of alkyl halides is 3. The summed E-state index contributed by atoms with van der Waals surface area (Å²) < 4.78 is 38.9. The number of fused-ring (bicyclic) bond motifs is 1. The third-order valence-corrected chi connectivity index (χ3v) is 4.27. The first-order valence-corrected chi connectivity index (χ1v) is 6.80. The molecule has 7 heteroatoms. The van der Waals surface area contributed by atoms with Crippen LogP contribution in [0.1, 0.15) is 21.6 Å². The zero-order valence-corrected chi connectivity index (χ0v) is 11.6. The molecule has 2 aromatic rings. The molecular weight excluding hydrogens is 301 g/mol. The predicted molar refractivity (Wildman–Crippen MR) is 75.1 cm³/mol. The van der Waals surface area contributed by atoms with Crippen molar-refractivity contribution in [1.29, 1.82) is 0 Å². The normalized spacial score (nSPS) is 14.3. The summed E-state index contributed by atoms with van der Waals surface area (Å²) in [5.74, 6) is -0.621. The van der Waals surface area contributed by atoms with Crippen molar-refractivity contribution in [1.82, 2.24) is 4.98 Å². The number of nitrogens with zero attached hydrogens (tertiary/aromatic N) is 1. The summed E-state index contributed by atoms with van der Waals surface area (Å²) in [5, 5.41) is 0.352. The fourth-order valence-electron chi connectivity index (χ4n) is 2.33. The van der Waals surface area contributed by atoms with Gasteiger partial charge in [-0.1, -0.05) is 17.4 Å². The number of ketones is 1. The number of carbonyl (C=O) groups excluding carboxylic acids is 1. The van der Waals surface area contributed by atoms with Gasteiger partial charge in [0.1, 0.15) is 0 Å². The van der Waals surface area contributed by atoms with Crippen LogP contribution in [0.5, 0.6) is 0 Å². The second-order valence-corrected chi connectivity index (χ2v) is 5.68. The number of halogens is 3. The minimum Gasteiger partial charge on any atom is -0.375 e. The molecule has 0 aliphatic heterocycles. The largest absolute Gasteiger partial charge is 0.417 e. The molecule has 0 saturated carbocycles. The maximum Gasteiger partial charge on any atom is 0.417 e. The van der Waals surface area contributed by atoms with Gasteiger partial charge in [0.15, 0.2) is 10.9 Å². The number of nitrogens with two attached hydrogens (primary N) is 1. The number of aryl methyl sites for hydroxylation is 1. The van der Waals surface area contributed by atoms with E-state index in [0.717, 1.165) is 0 Å². The highest BCUT2D eigenvalue weighted by Crippen LogP contribution is 2.42. The summed E-state index contributed by atoms with van der Waals surface area (Å²) in [7, 11) is 0. The van der Waals surface area contributed by atoms with Crippen molar-refractivity contribution in [2.24, 2.45) is 0 Å². The summed E-state index contributed by atoms with van der Waals surface area (Å²) in [5.41, 5.74) is 5.92. The van der Waals surface area contributed by atoms with E-state index in [-0.39, 0.29) is 11.1 Å². The average molecular weight is 310 g/mol. The van der Waals surface area contributed by atoms with Gasteiger partial charge in [-0.15, -0.1) is 0 Å². The Labute approximate surface area is 121 Å². The molecule has 3 nitrogen and oxygen atoms in total. The van der Waals surface area contributed by atoms with Crippen LogP contribution in [0.3, 0.4) is 0 Å². The van der Waals surface area contributed by atoms with Crippen LogP contribution < -0.4 is 5.73 Å². The Morgan fingerprint density at radius 3 is 2.52 bits per heavy atom. The van der Waals surface area contributed by atoms with E-state index in [2.05, 4.69) is 4.98 Å².